The summed E-state index contributed by atoms with van der Waals surface area (Å²) < 4.78 is 1.71. The van der Waals surface area contributed by atoms with Gasteiger partial charge in [-0.05, 0) is 30.7 Å². The summed E-state index contributed by atoms with van der Waals surface area (Å²) in [5, 5.41) is 17.8. The number of amides is 2. The maximum atomic E-state index is 11.7. The number of fused-ring (bicyclic) bond motifs is 2. The molecule has 0 bridgehead atoms. The number of nitrogens with zero attached hydrogens (tertiary/aromatic N) is 8. The fourth-order valence-corrected chi connectivity index (χ4v) is 3.22. The van der Waals surface area contributed by atoms with E-state index < -0.39 is 0 Å². The number of rotatable bonds is 4. The molecule has 3 aromatic heterocycles. The van der Waals surface area contributed by atoms with Crippen LogP contribution in [-0.4, -0.2) is 59.8 Å². The van der Waals surface area contributed by atoms with Crippen molar-refractivity contribution in [3.63, 3.8) is 0 Å². The van der Waals surface area contributed by atoms with Crippen molar-refractivity contribution in [2.24, 2.45) is 5.10 Å². The van der Waals surface area contributed by atoms with Crippen LogP contribution in [0, 0.1) is 0 Å². The molecule has 0 aliphatic carbocycles. The molecule has 0 spiro atoms. The first-order chi connectivity index (χ1) is 14.2. The number of pyridine rings is 1. The van der Waals surface area contributed by atoms with Crippen molar-refractivity contribution in [2.75, 3.05) is 13.1 Å². The summed E-state index contributed by atoms with van der Waals surface area (Å²) in [6, 6.07) is 9.80. The second kappa shape index (κ2) is 6.89. The molecule has 10 heteroatoms. The lowest BCUT2D eigenvalue weighted by Crippen LogP contribution is -2.24. The maximum absolute atomic E-state index is 11.7. The number of nitrogens with one attached hydrogen (secondary N) is 1. The van der Waals surface area contributed by atoms with E-state index in [-0.39, 0.29) is 6.03 Å². The molecule has 1 aromatic carbocycles. The van der Waals surface area contributed by atoms with Gasteiger partial charge in [-0.1, -0.05) is 17.3 Å². The van der Waals surface area contributed by atoms with Gasteiger partial charge in [0.25, 0.3) is 0 Å². The maximum Gasteiger partial charge on any atom is 0.337 e. The van der Waals surface area contributed by atoms with Crippen LogP contribution in [0.15, 0.2) is 47.8 Å². The number of benzene rings is 1. The summed E-state index contributed by atoms with van der Waals surface area (Å²) >= 11 is 0. The van der Waals surface area contributed by atoms with Crippen molar-refractivity contribution >= 4 is 33.9 Å². The lowest BCUT2D eigenvalue weighted by Gasteiger charge is -2.08. The Morgan fingerprint density at radius 1 is 1.28 bits per heavy atom. The van der Waals surface area contributed by atoms with Crippen molar-refractivity contribution < 1.29 is 4.79 Å². The van der Waals surface area contributed by atoms with Crippen LogP contribution in [0.3, 0.4) is 0 Å². The van der Waals surface area contributed by atoms with Gasteiger partial charge < -0.3 is 5.32 Å². The average Bonchev–Trinajstić information content (AvgIpc) is 3.33. The van der Waals surface area contributed by atoms with E-state index >= 15 is 0 Å². The molecule has 0 atom stereocenters. The monoisotopic (exact) mass is 387 g/mol. The molecule has 4 aromatic rings. The Bertz CT molecular complexity index is 1260. The lowest BCUT2D eigenvalue weighted by atomic mass is 10.1. The first kappa shape index (κ1) is 17.2. The van der Waals surface area contributed by atoms with Crippen LogP contribution < -0.4 is 5.32 Å². The molecule has 1 aliphatic rings. The molecule has 1 N–H and O–H groups in total. The molecule has 144 valence electrons. The largest absolute Gasteiger partial charge is 0.337 e. The Morgan fingerprint density at radius 2 is 2.21 bits per heavy atom. The fourth-order valence-electron chi connectivity index (χ4n) is 3.22. The zero-order valence-electron chi connectivity index (χ0n) is 15.6. The van der Waals surface area contributed by atoms with E-state index in [4.69, 9.17) is 0 Å². The highest BCUT2D eigenvalue weighted by atomic mass is 16.2. The van der Waals surface area contributed by atoms with E-state index in [9.17, 15) is 4.79 Å². The van der Waals surface area contributed by atoms with Gasteiger partial charge in [0.15, 0.2) is 5.65 Å². The van der Waals surface area contributed by atoms with Crippen molar-refractivity contribution in [1.29, 1.82) is 0 Å². The number of hydrogen-bond donors (Lipinski definition) is 1. The van der Waals surface area contributed by atoms with Crippen LogP contribution in [0.25, 0.3) is 22.2 Å². The highest BCUT2D eigenvalue weighted by Crippen LogP contribution is 2.16. The van der Waals surface area contributed by atoms with E-state index in [0.717, 1.165) is 16.5 Å². The molecule has 29 heavy (non-hydrogen) atoms. The molecule has 10 nitrogen and oxygen atoms in total. The van der Waals surface area contributed by atoms with Gasteiger partial charge in [0.1, 0.15) is 5.69 Å². The van der Waals surface area contributed by atoms with Gasteiger partial charge in [0.2, 0.25) is 5.65 Å². The highest BCUT2D eigenvalue weighted by molar-refractivity contribution is 5.98. The van der Waals surface area contributed by atoms with Crippen molar-refractivity contribution in [3.8, 4) is 0 Å². The SMILES string of the molecule is CC(=NN1CCNC1=O)c1cnc2nnn(Cc3ccc4ncccc4c3)c2n1. The van der Waals surface area contributed by atoms with Crippen molar-refractivity contribution in [2.45, 2.75) is 13.5 Å². The number of hydrazone groups is 1. The Kier molecular flexibility index (Phi) is 4.08. The first-order valence-corrected chi connectivity index (χ1v) is 9.18. The number of carbonyl (C=O) groups is 1. The summed E-state index contributed by atoms with van der Waals surface area (Å²) in [5.41, 5.74) is 4.20. The minimum atomic E-state index is -0.212. The van der Waals surface area contributed by atoms with E-state index in [2.05, 4.69) is 41.7 Å². The zero-order chi connectivity index (χ0) is 19.8. The van der Waals surface area contributed by atoms with Crippen LogP contribution in [0.5, 0.6) is 0 Å². The first-order valence-electron chi connectivity index (χ1n) is 9.18. The van der Waals surface area contributed by atoms with Crippen LogP contribution >= 0.6 is 0 Å². The third kappa shape index (κ3) is 3.24. The molecule has 0 unspecified atom stereocenters. The normalized spacial score (nSPS) is 14.7. The van der Waals surface area contributed by atoms with Crippen molar-refractivity contribution in [1.82, 2.24) is 40.3 Å². The smallest absolute Gasteiger partial charge is 0.335 e. The lowest BCUT2D eigenvalue weighted by molar-refractivity contribution is 0.219. The topological polar surface area (TPSA) is 114 Å². The van der Waals surface area contributed by atoms with Gasteiger partial charge in [0.05, 0.1) is 30.5 Å². The predicted molar refractivity (Wildman–Crippen MR) is 106 cm³/mol. The third-order valence-electron chi connectivity index (χ3n) is 4.70. The van der Waals surface area contributed by atoms with E-state index in [0.29, 0.717) is 42.3 Å². The van der Waals surface area contributed by atoms with E-state index in [1.54, 1.807) is 24.0 Å². The molecule has 2 amide bonds. The summed E-state index contributed by atoms with van der Waals surface area (Å²) in [4.78, 5) is 25.0. The molecule has 1 fully saturated rings. The van der Waals surface area contributed by atoms with Gasteiger partial charge in [-0.2, -0.15) is 5.10 Å². The number of hydrogen-bond acceptors (Lipinski definition) is 7. The molecule has 5 rings (SSSR count). The third-order valence-corrected chi connectivity index (χ3v) is 4.70. The van der Waals surface area contributed by atoms with Gasteiger partial charge in [0, 0.05) is 18.1 Å². The Labute approximate surface area is 165 Å². The quantitative estimate of drug-likeness (QED) is 0.532. The molecule has 1 aliphatic heterocycles. The van der Waals surface area contributed by atoms with Crippen LogP contribution in [-0.2, 0) is 6.54 Å². The molecule has 0 radical (unpaired) electrons. The van der Waals surface area contributed by atoms with Gasteiger partial charge in [-0.15, -0.1) is 5.10 Å². The summed E-state index contributed by atoms with van der Waals surface area (Å²) in [6.07, 6.45) is 3.37. The van der Waals surface area contributed by atoms with Crippen molar-refractivity contribution in [3.05, 3.63) is 54.0 Å². The minimum Gasteiger partial charge on any atom is -0.335 e. The fraction of sp³-hybridized carbons (Fsp3) is 0.211. The van der Waals surface area contributed by atoms with Gasteiger partial charge in [-0.3, -0.25) is 4.98 Å². The molecule has 4 heterocycles. The van der Waals surface area contributed by atoms with Crippen LogP contribution in [0.1, 0.15) is 18.2 Å². The number of aromatic nitrogens is 6. The number of urea groups is 1. The zero-order valence-corrected chi connectivity index (χ0v) is 15.6. The Hall–Kier alpha value is -3.95. The molecule has 0 saturated carbocycles. The van der Waals surface area contributed by atoms with Gasteiger partial charge in [-0.25, -0.2) is 24.5 Å². The van der Waals surface area contributed by atoms with Crippen LogP contribution in [0.2, 0.25) is 0 Å². The molecule has 1 saturated heterocycles. The standard InChI is InChI=1S/C19H17N9O/c1-12(25-27-8-7-21-19(27)29)16-10-22-17-18(23-16)28(26-24-17)11-13-4-5-15-14(9-13)3-2-6-20-15/h2-6,9-10H,7-8,11H2,1H3,(H,21,29). The van der Waals surface area contributed by atoms with E-state index in [1.165, 1.54) is 5.01 Å². The summed E-state index contributed by atoms with van der Waals surface area (Å²) in [5.74, 6) is 0. The van der Waals surface area contributed by atoms with E-state index in [1.807, 2.05) is 24.3 Å². The number of carbonyl (C=O) groups excluding carboxylic acids is 1. The predicted octanol–water partition coefficient (Wildman–Crippen LogP) is 1.57. The van der Waals surface area contributed by atoms with Crippen LogP contribution in [0.4, 0.5) is 4.79 Å². The summed E-state index contributed by atoms with van der Waals surface area (Å²) in [7, 11) is 0. The average molecular weight is 387 g/mol. The Morgan fingerprint density at radius 3 is 3.07 bits per heavy atom. The highest BCUT2D eigenvalue weighted by Gasteiger charge is 2.19. The van der Waals surface area contributed by atoms with Gasteiger partial charge >= 0.3 is 6.03 Å². The second-order valence-corrected chi connectivity index (χ2v) is 6.72. The molecular formula is C19H17N9O. The summed E-state index contributed by atoms with van der Waals surface area (Å²) in [6.45, 7) is 3.41. The minimum absolute atomic E-state index is 0.212. The second-order valence-electron chi connectivity index (χ2n) is 6.72. The molecular weight excluding hydrogens is 370 g/mol. The Balaban J connectivity index is 1.47.